The molecule has 2 N–H and O–H groups in total. The molecule has 0 aliphatic carbocycles. The lowest BCUT2D eigenvalue weighted by Gasteiger charge is -2.39. The fourth-order valence-corrected chi connectivity index (χ4v) is 4.20. The van der Waals surface area contributed by atoms with Crippen molar-refractivity contribution in [3.8, 4) is 0 Å². The summed E-state index contributed by atoms with van der Waals surface area (Å²) in [5.41, 5.74) is -1.65. The lowest BCUT2D eigenvalue weighted by Crippen LogP contribution is -2.54. The monoisotopic (exact) mass is 428 g/mol. The lowest BCUT2D eigenvalue weighted by molar-refractivity contribution is -0.137. The molecule has 0 saturated carbocycles. The van der Waals surface area contributed by atoms with E-state index in [0.717, 1.165) is 32.1 Å². The highest BCUT2D eigenvalue weighted by Crippen LogP contribution is 2.35. The molecule has 3 unspecified atom stereocenters. The van der Waals surface area contributed by atoms with Crippen LogP contribution in [0.2, 0.25) is 0 Å². The van der Waals surface area contributed by atoms with Gasteiger partial charge in [0.1, 0.15) is 0 Å². The molecule has 178 valence electrons. The van der Waals surface area contributed by atoms with Crippen LogP contribution in [0.5, 0.6) is 0 Å². The lowest BCUT2D eigenvalue weighted by atomic mass is 9.75. The fraction of sp³-hybridized carbons (Fsp3) is 0.917. The second-order valence-electron chi connectivity index (χ2n) is 9.82. The molecule has 0 aliphatic rings. The van der Waals surface area contributed by atoms with Crippen LogP contribution in [-0.2, 0) is 19.1 Å². The predicted molar refractivity (Wildman–Crippen MR) is 124 cm³/mol. The highest BCUT2D eigenvalue weighted by atomic mass is 16.5. The van der Waals surface area contributed by atoms with Gasteiger partial charge in [-0.25, -0.2) is 0 Å². The van der Waals surface area contributed by atoms with Crippen LogP contribution >= 0.6 is 0 Å². The average Bonchev–Trinajstić information content (AvgIpc) is 2.71. The maximum Gasteiger partial charge on any atom is 0.239 e. The van der Waals surface area contributed by atoms with Gasteiger partial charge in [0.25, 0.3) is 0 Å². The number of hydrogen-bond donors (Lipinski definition) is 2. The normalized spacial score (nSPS) is 19.7. The van der Waals surface area contributed by atoms with E-state index < -0.39 is 5.41 Å². The van der Waals surface area contributed by atoms with Crippen molar-refractivity contribution in [3.05, 3.63) is 0 Å². The summed E-state index contributed by atoms with van der Waals surface area (Å²) in [7, 11) is 3.40. The summed E-state index contributed by atoms with van der Waals surface area (Å²) >= 11 is 0. The third kappa shape index (κ3) is 8.54. The molecular weight excluding hydrogens is 380 g/mol. The number of rotatable bonds is 15. The molecule has 0 aromatic carbocycles. The second kappa shape index (κ2) is 12.0. The van der Waals surface area contributed by atoms with E-state index in [1.54, 1.807) is 14.2 Å². The van der Waals surface area contributed by atoms with Crippen molar-refractivity contribution in [2.75, 3.05) is 20.8 Å². The highest BCUT2D eigenvalue weighted by Gasteiger charge is 2.39. The van der Waals surface area contributed by atoms with Crippen molar-refractivity contribution in [2.24, 2.45) is 5.41 Å². The topological polar surface area (TPSA) is 76.7 Å². The highest BCUT2D eigenvalue weighted by molar-refractivity contribution is 5.88. The molecule has 2 amide bonds. The Morgan fingerprint density at radius 1 is 0.800 bits per heavy atom. The van der Waals surface area contributed by atoms with Crippen LogP contribution in [0.4, 0.5) is 0 Å². The first-order chi connectivity index (χ1) is 13.8. The minimum absolute atomic E-state index is 0.0284. The Balaban J connectivity index is 5.12. The van der Waals surface area contributed by atoms with E-state index in [2.05, 4.69) is 45.3 Å². The Morgan fingerprint density at radius 2 is 1.30 bits per heavy atom. The zero-order valence-electron chi connectivity index (χ0n) is 21.3. The van der Waals surface area contributed by atoms with Gasteiger partial charge < -0.3 is 20.1 Å². The van der Waals surface area contributed by atoms with Crippen molar-refractivity contribution < 1.29 is 19.1 Å². The van der Waals surface area contributed by atoms with Crippen molar-refractivity contribution in [1.82, 2.24) is 10.6 Å². The zero-order chi connectivity index (χ0) is 23.6. The minimum atomic E-state index is -0.593. The van der Waals surface area contributed by atoms with E-state index in [9.17, 15) is 9.59 Å². The van der Waals surface area contributed by atoms with Crippen molar-refractivity contribution in [3.63, 3.8) is 0 Å². The largest absolute Gasteiger partial charge is 0.379 e. The smallest absolute Gasteiger partial charge is 0.239 e. The summed E-state index contributed by atoms with van der Waals surface area (Å²) in [4.78, 5) is 25.7. The van der Waals surface area contributed by atoms with Crippen LogP contribution in [0.15, 0.2) is 0 Å². The van der Waals surface area contributed by atoms with Crippen molar-refractivity contribution in [2.45, 2.75) is 117 Å². The van der Waals surface area contributed by atoms with Crippen molar-refractivity contribution in [1.29, 1.82) is 0 Å². The molecule has 0 bridgehead atoms. The van der Waals surface area contributed by atoms with Gasteiger partial charge in [-0.2, -0.15) is 0 Å². The quantitative estimate of drug-likeness (QED) is 0.399. The summed E-state index contributed by atoms with van der Waals surface area (Å²) in [5, 5.41) is 6.02. The van der Waals surface area contributed by atoms with Gasteiger partial charge in [0.05, 0.1) is 17.7 Å². The summed E-state index contributed by atoms with van der Waals surface area (Å²) in [6, 6.07) is 0. The third-order valence-electron chi connectivity index (χ3n) is 6.99. The third-order valence-corrected chi connectivity index (χ3v) is 6.99. The summed E-state index contributed by atoms with van der Waals surface area (Å²) in [5.74, 6) is -0.276. The number of methoxy groups -OCH3 is 2. The number of hydrogen-bond acceptors (Lipinski definition) is 4. The Bertz CT molecular complexity index is 543. The van der Waals surface area contributed by atoms with E-state index in [-0.39, 0.29) is 35.1 Å². The molecular formula is C24H48N2O4. The molecule has 6 heteroatoms. The van der Waals surface area contributed by atoms with Crippen LogP contribution in [0.25, 0.3) is 0 Å². The molecule has 4 atom stereocenters. The van der Waals surface area contributed by atoms with Gasteiger partial charge in [0, 0.05) is 25.2 Å². The Hall–Kier alpha value is -1.14. The van der Waals surface area contributed by atoms with Crippen LogP contribution in [-0.4, -0.2) is 49.3 Å². The van der Waals surface area contributed by atoms with Crippen LogP contribution in [0, 0.1) is 5.41 Å². The standard InChI is InChI=1S/C24H48N2O4/c1-11-15-22(6,18-24(8,14-4)30-10)26-19(27)16-25-20(28)21(5,12-2)17-23(7,13-3)29-9/h11-18H2,1-10H3,(H,25,28)(H,26,27)/t21-,22?,23?,24?/m1/s1. The number of amides is 2. The van der Waals surface area contributed by atoms with Crippen molar-refractivity contribution >= 4 is 11.8 Å². The van der Waals surface area contributed by atoms with Gasteiger partial charge in [-0.3, -0.25) is 9.59 Å². The van der Waals surface area contributed by atoms with Gasteiger partial charge in [0.2, 0.25) is 11.8 Å². The first-order valence-electron chi connectivity index (χ1n) is 11.5. The number of ether oxygens (including phenoxy) is 2. The van der Waals surface area contributed by atoms with Gasteiger partial charge >= 0.3 is 0 Å². The fourth-order valence-electron chi connectivity index (χ4n) is 4.20. The molecule has 0 aromatic rings. The first kappa shape index (κ1) is 28.9. The molecule has 0 aliphatic heterocycles. The predicted octanol–water partition coefficient (Wildman–Crippen LogP) is 4.60. The van der Waals surface area contributed by atoms with Crippen LogP contribution < -0.4 is 10.6 Å². The first-order valence-corrected chi connectivity index (χ1v) is 11.5. The zero-order valence-corrected chi connectivity index (χ0v) is 21.3. The molecule has 0 aromatic heterocycles. The molecule has 6 nitrogen and oxygen atoms in total. The molecule has 0 saturated heterocycles. The van der Waals surface area contributed by atoms with Gasteiger partial charge in [0.15, 0.2) is 0 Å². The van der Waals surface area contributed by atoms with E-state index in [1.807, 2.05) is 20.8 Å². The summed E-state index contributed by atoms with van der Waals surface area (Å²) in [6.45, 7) is 16.3. The van der Waals surface area contributed by atoms with E-state index in [0.29, 0.717) is 12.8 Å². The molecule has 0 rings (SSSR count). The molecule has 0 fully saturated rings. The summed E-state index contributed by atoms with van der Waals surface area (Å²) in [6.07, 6.45) is 5.48. The average molecular weight is 429 g/mol. The van der Waals surface area contributed by atoms with E-state index in [4.69, 9.17) is 9.47 Å². The Kier molecular flexibility index (Phi) is 11.6. The number of nitrogens with one attached hydrogen (secondary N) is 2. The Labute approximate surface area is 185 Å². The van der Waals surface area contributed by atoms with Crippen LogP contribution in [0.1, 0.15) is 100 Å². The molecule has 0 heterocycles. The minimum Gasteiger partial charge on any atom is -0.379 e. The second-order valence-corrected chi connectivity index (χ2v) is 9.82. The summed E-state index contributed by atoms with van der Waals surface area (Å²) < 4.78 is 11.4. The number of carbonyl (C=O) groups is 2. The van der Waals surface area contributed by atoms with Crippen LogP contribution in [0.3, 0.4) is 0 Å². The Morgan fingerprint density at radius 3 is 1.70 bits per heavy atom. The van der Waals surface area contributed by atoms with Gasteiger partial charge in [-0.15, -0.1) is 0 Å². The van der Waals surface area contributed by atoms with Gasteiger partial charge in [-0.05, 0) is 59.3 Å². The van der Waals surface area contributed by atoms with Gasteiger partial charge in [-0.1, -0.05) is 41.0 Å². The molecule has 30 heavy (non-hydrogen) atoms. The molecule has 0 radical (unpaired) electrons. The van der Waals surface area contributed by atoms with E-state index in [1.165, 1.54) is 0 Å². The number of carbonyl (C=O) groups excluding carboxylic acids is 2. The van der Waals surface area contributed by atoms with E-state index >= 15 is 0 Å². The maximum atomic E-state index is 13.0. The maximum absolute atomic E-state index is 13.0. The molecule has 0 spiro atoms. The SMILES string of the molecule is CCCC(C)(CC(C)(CC)OC)NC(=O)CNC(=O)[C@](C)(CC)CC(C)(CC)OC.